The molecule has 56 heteroatoms. The fraction of sp³-hybridized carbons (Fsp3) is 1.00. The highest BCUT2D eigenvalue weighted by Crippen LogP contribution is 2.49. The highest BCUT2D eigenvalue weighted by Gasteiger charge is 2.71. The van der Waals surface area contributed by atoms with Crippen LogP contribution in [0, 0.1) is 0 Å². The van der Waals surface area contributed by atoms with Gasteiger partial charge in [-0.15, -0.1) is 0 Å². The van der Waals surface area contributed by atoms with E-state index >= 15 is 0 Å². The summed E-state index contributed by atoms with van der Waals surface area (Å²) in [4.78, 5) is 0. The molecule has 11 heterocycles. The molecule has 0 spiro atoms. The van der Waals surface area contributed by atoms with Crippen molar-refractivity contribution in [1.29, 1.82) is 0 Å². The first-order chi connectivity index (χ1) is 57.6. The number of hydrogen-bond donors (Lipinski definition) is 35. The molecule has 0 radical (unpaired) electrons. The minimum Gasteiger partial charge on any atom is -0.394 e. The molecule has 712 valence electrons. The Balaban J connectivity index is 0.893. The second kappa shape index (κ2) is 39.3. The van der Waals surface area contributed by atoms with Crippen LogP contribution in [0.1, 0.15) is 0 Å². The third-order valence-electron chi connectivity index (χ3n) is 23.9. The zero-order valence-electron chi connectivity index (χ0n) is 64.3. The van der Waals surface area contributed by atoms with Crippen LogP contribution in [0.4, 0.5) is 0 Å². The number of aliphatic hydroxyl groups is 35. The van der Waals surface area contributed by atoms with Crippen molar-refractivity contribution < 1.29 is 278 Å². The molecule has 0 saturated carbocycles. The minimum absolute atomic E-state index is 0.976. The lowest BCUT2D eigenvalue weighted by Crippen LogP contribution is -2.64. The molecule has 11 rings (SSSR count). The van der Waals surface area contributed by atoms with Crippen molar-refractivity contribution in [3.8, 4) is 0 Å². The first kappa shape index (κ1) is 100. The van der Waals surface area contributed by atoms with Crippen molar-refractivity contribution in [3.63, 3.8) is 0 Å². The van der Waals surface area contributed by atoms with Gasteiger partial charge in [0, 0.05) is 0 Å². The Morgan fingerprint density at radius 3 is 0.484 bits per heavy atom. The Morgan fingerprint density at radius 1 is 0.164 bits per heavy atom. The van der Waals surface area contributed by atoms with E-state index in [1.807, 2.05) is 0 Å². The molecule has 11 fully saturated rings. The summed E-state index contributed by atoms with van der Waals surface area (Å²) in [5.74, 6) is -31.1. The van der Waals surface area contributed by atoms with Crippen molar-refractivity contribution in [2.45, 2.75) is 272 Å². The Hall–Kier alpha value is -2.24. The first-order valence-electron chi connectivity index (χ1n) is 38.4. The summed E-state index contributed by atoms with van der Waals surface area (Å²) < 4.78 is 123. The maximum absolute atomic E-state index is 12.1. The van der Waals surface area contributed by atoms with Crippen molar-refractivity contribution in [2.75, 3.05) is 139 Å². The molecule has 56 nitrogen and oxygen atoms in total. The monoisotopic (exact) mass is 1800 g/mol. The zero-order valence-corrected chi connectivity index (χ0v) is 64.3. The molecule has 11 aliphatic rings. The molecule has 0 aromatic heterocycles. The molecule has 122 heavy (non-hydrogen) atoms. The van der Waals surface area contributed by atoms with Gasteiger partial charge in [-0.2, -0.15) is 0 Å². The average molecular weight is 1800 g/mol. The normalized spacial score (nSPS) is 52.8. The highest BCUT2D eigenvalue weighted by atomic mass is 16.9. The lowest BCUT2D eigenvalue weighted by atomic mass is 9.99. The maximum Gasteiger partial charge on any atom is 0.224 e. The molecule has 11 saturated heterocycles. The molecule has 0 amide bonds. The molecular weight excluding hydrogens is 1690 g/mol. The van der Waals surface area contributed by atoms with Crippen LogP contribution >= 0.6 is 0 Å². The molecule has 11 aliphatic heterocycles. The van der Waals surface area contributed by atoms with Crippen molar-refractivity contribution in [1.82, 2.24) is 0 Å². The van der Waals surface area contributed by atoms with E-state index in [-0.39, 0.29) is 0 Å². The Bertz CT molecular complexity index is 3270. The molecule has 45 atom stereocenters. The van der Waals surface area contributed by atoms with Crippen molar-refractivity contribution in [2.24, 2.45) is 0 Å². The van der Waals surface area contributed by atoms with Crippen LogP contribution < -0.4 is 0 Å². The summed E-state index contributed by atoms with van der Waals surface area (Å²) >= 11 is 0. The van der Waals surface area contributed by atoms with Crippen LogP contribution in [0.25, 0.3) is 0 Å². The highest BCUT2D eigenvalue weighted by molar-refractivity contribution is 5.10. The van der Waals surface area contributed by atoms with E-state index in [1.54, 1.807) is 0 Å². The van der Waals surface area contributed by atoms with Crippen molar-refractivity contribution >= 4 is 0 Å². The Labute approximate surface area is 687 Å². The third-order valence-corrected chi connectivity index (χ3v) is 23.9. The molecule has 35 N–H and O–H groups in total. The smallest absolute Gasteiger partial charge is 0.224 e. The van der Waals surface area contributed by atoms with Gasteiger partial charge >= 0.3 is 0 Å². The zero-order chi connectivity index (χ0) is 89.9. The summed E-state index contributed by atoms with van der Waals surface area (Å²) in [5.41, 5.74) is 0. The van der Waals surface area contributed by atoms with Gasteiger partial charge in [-0.1, -0.05) is 0 Å². The molecule has 0 aliphatic carbocycles. The summed E-state index contributed by atoms with van der Waals surface area (Å²) in [7, 11) is 0. The van der Waals surface area contributed by atoms with E-state index in [2.05, 4.69) is 0 Å². The Morgan fingerprint density at radius 2 is 0.311 bits per heavy atom. The van der Waals surface area contributed by atoms with Gasteiger partial charge in [0.2, 0.25) is 57.9 Å². The first-order valence-corrected chi connectivity index (χ1v) is 38.4. The van der Waals surface area contributed by atoms with E-state index < -0.39 is 410 Å². The largest absolute Gasteiger partial charge is 0.394 e. The number of aliphatic hydroxyl groups excluding tert-OH is 35. The standard InChI is InChI=1S/C66H112O56/c67-1-22-33(79)44(90)45(91)56(111-22)122-66(55(101)43(89)32(11-77)121-66)21-110-65(54(100)42(88)31(10-76)120-65)20-109-64(53(99)41(87)30(9-75)119-64)19-108-63(52(98)40(86)29(8-74)118-63)18-107-62(51(97)39(85)28(7-73)117-62)17-106-61(50(96)38(84)27(6-72)116-61)16-105-60(49(95)37(83)26(5-71)115-60)15-104-59(48(94)36(82)25(4-70)114-59)14-103-58(47(93)35(81)24(3-69)113-58)13-102-57(12-78)46(92)34(80)23(2-68)112-57/h22-56,67-101H,1-21H2/t22-,23-,24-,25-,26-,27-,28-,29-,30-,31-,32-,33-,34-,35-,36-,37-,38-,39-,40-,41-,42-,43-,44+,45-,46+,47+,48+,49+,50+,51+,52+,53+,54+,55+,56-,57-,58-,59-,60-,61-,62-,63-,64-,65-,66?/m1/s1. The second-order valence-corrected chi connectivity index (χ2v) is 31.4. The van der Waals surface area contributed by atoms with E-state index in [9.17, 15) is 179 Å². The van der Waals surface area contributed by atoms with Crippen molar-refractivity contribution in [3.05, 3.63) is 0 Å². The van der Waals surface area contributed by atoms with Crippen LogP contribution in [0.15, 0.2) is 0 Å². The number of hydrogen-bond acceptors (Lipinski definition) is 56. The van der Waals surface area contributed by atoms with Crippen LogP contribution in [0.5, 0.6) is 0 Å². The summed E-state index contributed by atoms with van der Waals surface area (Å²) in [6.07, 6.45) is -77.3. The minimum atomic E-state index is -3.26. The van der Waals surface area contributed by atoms with Crippen LogP contribution in [0.2, 0.25) is 0 Å². The number of ether oxygens (including phenoxy) is 21. The van der Waals surface area contributed by atoms with Gasteiger partial charge in [0.05, 0.1) is 72.7 Å². The fourth-order valence-electron chi connectivity index (χ4n) is 16.2. The van der Waals surface area contributed by atoms with E-state index in [0.29, 0.717) is 0 Å². The second-order valence-electron chi connectivity index (χ2n) is 31.4. The van der Waals surface area contributed by atoms with Gasteiger partial charge in [0.15, 0.2) is 6.29 Å². The summed E-state index contributed by atoms with van der Waals surface area (Å²) in [5, 5.41) is 387. The summed E-state index contributed by atoms with van der Waals surface area (Å²) in [6.45, 7) is -28.1. The topological polar surface area (TPSA) is 902 Å². The SMILES string of the molecule is OC[C@H]1OC(CO[C@]2(CO[C@]3(CO[C@]4(CO[C@]5(CO[C@]6(CO[C@]7(CO[C@]8(CO[C@]9(CO[C@]%10(CO)O[C@H](CO)[C@@H](O)[C@@H]%10O)O[C@H](CO)[C@@H](O)[C@@H]9O)O[C@H](CO)[C@@H](O)[C@@H]8O)O[C@H](CO)[C@@H](O)[C@@H]7O)O[C@H](CO)[C@@H](O)[C@@H]6O)O[C@H](CO)[C@@H](O)[C@@H]5O)O[C@H](CO)[C@@H](O)[C@@H]4O)O[C@H](CO)[C@@H](O)[C@@H]3O)O[C@H](CO)[C@@H](O)[C@@H]2O)(O[C@H]2O[C@H](CO)[C@@H](O)[C@H](O)[C@H]2O)[C@@H](O)[C@@H]1O. The number of rotatable bonds is 41. The fourth-order valence-corrected chi connectivity index (χ4v) is 16.2. The van der Waals surface area contributed by atoms with Crippen LogP contribution in [-0.4, -0.2) is 589 Å². The third kappa shape index (κ3) is 17.7. The quantitative estimate of drug-likeness (QED) is 0.0270. The van der Waals surface area contributed by atoms with E-state index in [4.69, 9.17) is 99.5 Å². The van der Waals surface area contributed by atoms with Gasteiger partial charge in [0.25, 0.3) is 0 Å². The van der Waals surface area contributed by atoms with Gasteiger partial charge in [-0.3, -0.25) is 0 Å². The molecular formula is C66H112O56. The molecule has 0 aromatic rings. The lowest BCUT2D eigenvalue weighted by molar-refractivity contribution is -0.407. The average Bonchev–Trinajstić information content (AvgIpc) is 1.58. The predicted octanol–water partition coefficient (Wildman–Crippen LogP) is -25.0. The molecule has 0 bridgehead atoms. The Kier molecular flexibility index (Phi) is 32.3. The van der Waals surface area contributed by atoms with Gasteiger partial charge in [-0.05, 0) is 0 Å². The van der Waals surface area contributed by atoms with Gasteiger partial charge in [0.1, 0.15) is 274 Å². The molecule has 1 unspecified atom stereocenters. The molecule has 0 aromatic carbocycles. The van der Waals surface area contributed by atoms with Crippen LogP contribution in [0.3, 0.4) is 0 Å². The van der Waals surface area contributed by atoms with E-state index in [0.717, 1.165) is 0 Å². The van der Waals surface area contributed by atoms with Gasteiger partial charge in [-0.25, -0.2) is 0 Å². The lowest BCUT2D eigenvalue weighted by Gasteiger charge is -2.45. The van der Waals surface area contributed by atoms with Crippen LogP contribution in [-0.2, 0) is 99.5 Å². The van der Waals surface area contributed by atoms with E-state index in [1.165, 1.54) is 0 Å². The summed E-state index contributed by atoms with van der Waals surface area (Å²) in [6, 6.07) is 0. The maximum atomic E-state index is 12.1. The van der Waals surface area contributed by atoms with Gasteiger partial charge < -0.3 is 278 Å². The predicted molar refractivity (Wildman–Crippen MR) is 363 cm³/mol.